The summed E-state index contributed by atoms with van der Waals surface area (Å²) in [6, 6.07) is 9.74. The van der Waals surface area contributed by atoms with Crippen molar-refractivity contribution in [2.45, 2.75) is 3.79 Å². The Morgan fingerprint density at radius 2 is 1.70 bits per heavy atom. The highest BCUT2D eigenvalue weighted by molar-refractivity contribution is 6.75. The van der Waals surface area contributed by atoms with Crippen molar-refractivity contribution in [3.05, 3.63) is 42.0 Å². The van der Waals surface area contributed by atoms with Crippen molar-refractivity contribution in [3.63, 3.8) is 0 Å². The third kappa shape index (κ3) is 2.98. The number of carboxylic acid groups (broad SMARTS) is 1. The Balaban J connectivity index is 2.57. The first-order valence-electron chi connectivity index (χ1n) is 5.35. The average Bonchev–Trinajstić information content (AvgIpc) is 2.36. The molecule has 0 aliphatic carbocycles. The lowest BCUT2D eigenvalue weighted by Crippen LogP contribution is -2.25. The molecular weight excluding hydrogens is 326 g/mol. The van der Waals surface area contributed by atoms with Crippen LogP contribution in [0.15, 0.2) is 36.4 Å². The molecule has 0 atom stereocenters. The van der Waals surface area contributed by atoms with Gasteiger partial charge in [-0.25, -0.2) is 9.59 Å². The van der Waals surface area contributed by atoms with Gasteiger partial charge in [-0.1, -0.05) is 65.1 Å². The van der Waals surface area contributed by atoms with Crippen LogP contribution in [0.5, 0.6) is 5.75 Å². The van der Waals surface area contributed by atoms with Crippen molar-refractivity contribution in [3.8, 4) is 5.75 Å². The molecule has 0 radical (unpaired) electrons. The van der Waals surface area contributed by atoms with Crippen LogP contribution in [-0.4, -0.2) is 20.8 Å². The molecule has 104 valence electrons. The van der Waals surface area contributed by atoms with Gasteiger partial charge in [0.05, 0.1) is 0 Å². The number of benzene rings is 2. The molecule has 2 aromatic rings. The van der Waals surface area contributed by atoms with E-state index < -0.39 is 15.7 Å². The van der Waals surface area contributed by atoms with Gasteiger partial charge in [0.25, 0.3) is 3.79 Å². The largest absolute Gasteiger partial charge is 0.478 e. The van der Waals surface area contributed by atoms with Crippen molar-refractivity contribution < 1.29 is 19.4 Å². The fourth-order valence-electron chi connectivity index (χ4n) is 1.71. The van der Waals surface area contributed by atoms with E-state index in [1.807, 2.05) is 0 Å². The number of halogens is 3. The molecule has 0 spiro atoms. The van der Waals surface area contributed by atoms with Crippen LogP contribution in [0.4, 0.5) is 0 Å². The van der Waals surface area contributed by atoms with E-state index in [1.165, 1.54) is 6.07 Å². The quantitative estimate of drug-likeness (QED) is 0.515. The second-order valence-electron chi connectivity index (χ2n) is 3.85. The fourth-order valence-corrected chi connectivity index (χ4v) is 1.83. The number of hydrogen-bond donors (Lipinski definition) is 1. The van der Waals surface area contributed by atoms with E-state index in [1.54, 1.807) is 30.3 Å². The SMILES string of the molecule is O=C(O)c1c(OC(=O)C(Cl)(Cl)Cl)ccc2ccccc12. The van der Waals surface area contributed by atoms with E-state index in [0.29, 0.717) is 10.8 Å². The van der Waals surface area contributed by atoms with Crippen LogP contribution in [0.2, 0.25) is 0 Å². The lowest BCUT2D eigenvalue weighted by Gasteiger charge is -2.13. The Labute approximate surface area is 128 Å². The summed E-state index contributed by atoms with van der Waals surface area (Å²) in [4.78, 5) is 22.9. The first kappa shape index (κ1) is 14.9. The lowest BCUT2D eigenvalue weighted by molar-refractivity contribution is -0.133. The van der Waals surface area contributed by atoms with Crippen LogP contribution < -0.4 is 4.74 Å². The molecule has 0 aromatic heterocycles. The summed E-state index contributed by atoms with van der Waals surface area (Å²) < 4.78 is 2.59. The molecule has 4 nitrogen and oxygen atoms in total. The molecule has 2 rings (SSSR count). The molecule has 20 heavy (non-hydrogen) atoms. The van der Waals surface area contributed by atoms with E-state index in [9.17, 15) is 14.7 Å². The van der Waals surface area contributed by atoms with Crippen LogP contribution in [0.1, 0.15) is 10.4 Å². The predicted octanol–water partition coefficient (Wildman–Crippen LogP) is 3.81. The molecule has 7 heteroatoms. The molecular formula is C13H7Cl3O4. The van der Waals surface area contributed by atoms with Crippen molar-refractivity contribution >= 4 is 57.5 Å². The minimum absolute atomic E-state index is 0.161. The minimum Gasteiger partial charge on any atom is -0.478 e. The van der Waals surface area contributed by atoms with Crippen molar-refractivity contribution in [2.24, 2.45) is 0 Å². The first-order chi connectivity index (χ1) is 9.30. The number of fused-ring (bicyclic) bond motifs is 1. The average molecular weight is 334 g/mol. The summed E-state index contributed by atoms with van der Waals surface area (Å²) in [7, 11) is 0. The van der Waals surface area contributed by atoms with Gasteiger partial charge in [-0.2, -0.15) is 0 Å². The Hall–Kier alpha value is -1.49. The van der Waals surface area contributed by atoms with E-state index in [0.717, 1.165) is 0 Å². The molecule has 0 fully saturated rings. The second kappa shape index (κ2) is 5.48. The van der Waals surface area contributed by atoms with Gasteiger partial charge in [0.1, 0.15) is 11.3 Å². The molecule has 0 aliphatic heterocycles. The fraction of sp³-hybridized carbons (Fsp3) is 0.0769. The number of aromatic carboxylic acids is 1. The molecule has 0 saturated carbocycles. The van der Waals surface area contributed by atoms with Gasteiger partial charge in [-0.15, -0.1) is 0 Å². The standard InChI is InChI=1S/C13H7Cl3O4/c14-13(15,16)12(19)20-9-6-5-7-3-1-2-4-8(7)10(9)11(17)18/h1-6H,(H,17,18). The van der Waals surface area contributed by atoms with Gasteiger partial charge in [0.2, 0.25) is 0 Å². The van der Waals surface area contributed by atoms with Crippen LogP contribution in [0, 0.1) is 0 Å². The highest BCUT2D eigenvalue weighted by atomic mass is 35.6. The number of esters is 1. The van der Waals surface area contributed by atoms with Gasteiger partial charge in [-0.05, 0) is 16.8 Å². The van der Waals surface area contributed by atoms with Crippen LogP contribution in [0.25, 0.3) is 10.8 Å². The number of carbonyl (C=O) groups is 2. The van der Waals surface area contributed by atoms with Gasteiger partial charge >= 0.3 is 11.9 Å². The zero-order chi connectivity index (χ0) is 14.9. The van der Waals surface area contributed by atoms with E-state index in [4.69, 9.17) is 39.5 Å². The molecule has 0 heterocycles. The topological polar surface area (TPSA) is 63.6 Å². The number of carboxylic acids is 1. The summed E-state index contributed by atoms with van der Waals surface area (Å²) in [6.07, 6.45) is 0. The summed E-state index contributed by atoms with van der Waals surface area (Å²) in [5.74, 6) is -2.58. The molecule has 0 aliphatic rings. The van der Waals surface area contributed by atoms with Gasteiger partial charge in [0.15, 0.2) is 0 Å². The Bertz CT molecular complexity index is 692. The molecule has 0 unspecified atom stereocenters. The minimum atomic E-state index is -2.28. The molecule has 0 saturated heterocycles. The first-order valence-corrected chi connectivity index (χ1v) is 6.48. The second-order valence-corrected chi connectivity index (χ2v) is 6.13. The van der Waals surface area contributed by atoms with Crippen LogP contribution in [0.3, 0.4) is 0 Å². The third-order valence-corrected chi connectivity index (χ3v) is 3.00. The molecule has 2 aromatic carbocycles. The third-order valence-electron chi connectivity index (χ3n) is 2.54. The van der Waals surface area contributed by atoms with Gasteiger partial charge in [0, 0.05) is 0 Å². The number of ether oxygens (including phenoxy) is 1. The lowest BCUT2D eigenvalue weighted by atomic mass is 10.0. The smallest absolute Gasteiger partial charge is 0.363 e. The number of alkyl halides is 3. The van der Waals surface area contributed by atoms with Crippen molar-refractivity contribution in [1.82, 2.24) is 0 Å². The molecule has 1 N–H and O–H groups in total. The predicted molar refractivity (Wildman–Crippen MR) is 76.8 cm³/mol. The number of rotatable bonds is 2. The maximum Gasteiger partial charge on any atom is 0.363 e. The molecule has 0 bridgehead atoms. The maximum atomic E-state index is 11.5. The Kier molecular flexibility index (Phi) is 4.09. The van der Waals surface area contributed by atoms with E-state index in [-0.39, 0.29) is 11.3 Å². The maximum absolute atomic E-state index is 11.5. The normalized spacial score (nSPS) is 11.3. The van der Waals surface area contributed by atoms with Crippen molar-refractivity contribution in [2.75, 3.05) is 0 Å². The summed E-state index contributed by atoms with van der Waals surface area (Å²) in [5.41, 5.74) is -0.161. The zero-order valence-electron chi connectivity index (χ0n) is 9.77. The number of carbonyl (C=O) groups excluding carboxylic acids is 1. The van der Waals surface area contributed by atoms with Gasteiger partial charge in [-0.3, -0.25) is 0 Å². The summed E-state index contributed by atoms with van der Waals surface area (Å²) in [6.45, 7) is 0. The molecule has 0 amide bonds. The van der Waals surface area contributed by atoms with Crippen LogP contribution >= 0.6 is 34.8 Å². The summed E-state index contributed by atoms with van der Waals surface area (Å²) in [5, 5.41) is 10.4. The van der Waals surface area contributed by atoms with Gasteiger partial charge < -0.3 is 9.84 Å². The highest BCUT2D eigenvalue weighted by Crippen LogP contribution is 2.32. The highest BCUT2D eigenvalue weighted by Gasteiger charge is 2.34. The van der Waals surface area contributed by atoms with E-state index in [2.05, 4.69) is 0 Å². The summed E-state index contributed by atoms with van der Waals surface area (Å²) >= 11 is 16.2. The van der Waals surface area contributed by atoms with E-state index >= 15 is 0 Å². The number of hydrogen-bond acceptors (Lipinski definition) is 3. The zero-order valence-corrected chi connectivity index (χ0v) is 12.0. The Morgan fingerprint density at radius 1 is 1.05 bits per heavy atom. The van der Waals surface area contributed by atoms with Crippen molar-refractivity contribution in [1.29, 1.82) is 0 Å². The van der Waals surface area contributed by atoms with Crippen LogP contribution in [-0.2, 0) is 4.79 Å². The monoisotopic (exact) mass is 332 g/mol. The Morgan fingerprint density at radius 3 is 2.30 bits per heavy atom.